The van der Waals surface area contributed by atoms with E-state index in [1.807, 2.05) is 10.9 Å². The summed E-state index contributed by atoms with van der Waals surface area (Å²) in [7, 11) is 0. The molecule has 1 saturated heterocycles. The van der Waals surface area contributed by atoms with Gasteiger partial charge >= 0.3 is 0 Å². The van der Waals surface area contributed by atoms with Crippen LogP contribution in [0.2, 0.25) is 5.28 Å². The first-order chi connectivity index (χ1) is 8.79. The highest BCUT2D eigenvalue weighted by Crippen LogP contribution is 2.29. The molecule has 1 aliphatic rings. The maximum atomic E-state index is 5.95. The van der Waals surface area contributed by atoms with Crippen LogP contribution in [0, 0.1) is 0 Å². The molecule has 0 aromatic carbocycles. The summed E-state index contributed by atoms with van der Waals surface area (Å²) in [4.78, 5) is 8.48. The van der Waals surface area contributed by atoms with Crippen LogP contribution in [0.15, 0.2) is 11.2 Å². The number of thioether (sulfide) groups is 1. The third kappa shape index (κ3) is 2.08. The second kappa shape index (κ2) is 5.03. The molecule has 2 aromatic rings. The minimum atomic E-state index is -0.0306. The second-order valence-corrected chi connectivity index (χ2v) is 5.28. The van der Waals surface area contributed by atoms with Gasteiger partial charge in [-0.3, -0.25) is 0 Å². The summed E-state index contributed by atoms with van der Waals surface area (Å²) in [5, 5.41) is 6.43. The topological polar surface area (TPSA) is 52.8 Å². The van der Waals surface area contributed by atoms with Crippen molar-refractivity contribution in [1.82, 2.24) is 19.7 Å². The van der Waals surface area contributed by atoms with Gasteiger partial charge in [-0.2, -0.15) is 10.1 Å². The Morgan fingerprint density at radius 1 is 1.44 bits per heavy atom. The van der Waals surface area contributed by atoms with Gasteiger partial charge in [-0.1, -0.05) is 0 Å². The average Bonchev–Trinajstić information content (AvgIpc) is 2.82. The van der Waals surface area contributed by atoms with Gasteiger partial charge in [-0.25, -0.2) is 9.67 Å². The Hall–Kier alpha value is -0.850. The number of fused-ring (bicyclic) bond motifs is 1. The minimum Gasteiger partial charge on any atom is -0.356 e. The molecular formula is C11H13ClN4OS. The van der Waals surface area contributed by atoms with Crippen molar-refractivity contribution in [2.75, 3.05) is 12.9 Å². The average molecular weight is 285 g/mol. The molecule has 0 aliphatic carbocycles. The molecule has 0 N–H and O–H groups in total. The van der Waals surface area contributed by atoms with Gasteiger partial charge in [0.1, 0.15) is 5.03 Å². The molecule has 1 atom stereocenters. The molecule has 0 bridgehead atoms. The van der Waals surface area contributed by atoms with Gasteiger partial charge in [0.15, 0.2) is 11.9 Å². The summed E-state index contributed by atoms with van der Waals surface area (Å²) in [6.07, 6.45) is 6.95. The summed E-state index contributed by atoms with van der Waals surface area (Å²) in [5.41, 5.74) is 0.756. The highest BCUT2D eigenvalue weighted by molar-refractivity contribution is 7.98. The molecule has 0 saturated carbocycles. The third-order valence-electron chi connectivity index (χ3n) is 3.01. The lowest BCUT2D eigenvalue weighted by atomic mass is 10.2. The van der Waals surface area contributed by atoms with E-state index in [1.54, 1.807) is 18.0 Å². The second-order valence-electron chi connectivity index (χ2n) is 4.15. The lowest BCUT2D eigenvalue weighted by Gasteiger charge is -2.22. The first-order valence-electron chi connectivity index (χ1n) is 5.86. The van der Waals surface area contributed by atoms with Crippen molar-refractivity contribution in [3.8, 4) is 0 Å². The summed E-state index contributed by atoms with van der Waals surface area (Å²) < 4.78 is 7.56. The van der Waals surface area contributed by atoms with Gasteiger partial charge in [0, 0.05) is 6.61 Å². The smallest absolute Gasteiger partial charge is 0.225 e. The van der Waals surface area contributed by atoms with Crippen LogP contribution in [0.1, 0.15) is 25.5 Å². The summed E-state index contributed by atoms with van der Waals surface area (Å²) in [6, 6.07) is 0. The number of hydrogen-bond donors (Lipinski definition) is 0. The molecule has 0 radical (unpaired) electrons. The molecule has 7 heteroatoms. The highest BCUT2D eigenvalue weighted by atomic mass is 35.5. The van der Waals surface area contributed by atoms with Crippen LogP contribution in [0.25, 0.3) is 11.0 Å². The van der Waals surface area contributed by atoms with Gasteiger partial charge in [0.25, 0.3) is 0 Å². The van der Waals surface area contributed by atoms with Gasteiger partial charge in [0.05, 0.1) is 11.6 Å². The molecule has 0 spiro atoms. The van der Waals surface area contributed by atoms with E-state index in [0.29, 0.717) is 0 Å². The van der Waals surface area contributed by atoms with Gasteiger partial charge in [-0.05, 0) is 37.1 Å². The number of aromatic nitrogens is 4. The van der Waals surface area contributed by atoms with Crippen LogP contribution in [0.5, 0.6) is 0 Å². The fourth-order valence-electron chi connectivity index (χ4n) is 2.16. The summed E-state index contributed by atoms with van der Waals surface area (Å²) in [6.45, 7) is 0.778. The lowest BCUT2D eigenvalue weighted by molar-refractivity contribution is -0.0370. The number of rotatable bonds is 2. The van der Waals surface area contributed by atoms with Crippen molar-refractivity contribution in [2.24, 2.45) is 0 Å². The van der Waals surface area contributed by atoms with Crippen LogP contribution < -0.4 is 0 Å². The Morgan fingerprint density at radius 3 is 3.06 bits per heavy atom. The van der Waals surface area contributed by atoms with E-state index in [-0.39, 0.29) is 11.5 Å². The van der Waals surface area contributed by atoms with Crippen LogP contribution in [0.4, 0.5) is 0 Å². The van der Waals surface area contributed by atoms with E-state index < -0.39 is 0 Å². The molecule has 1 aliphatic heterocycles. The lowest BCUT2D eigenvalue weighted by Crippen LogP contribution is -2.19. The first kappa shape index (κ1) is 12.2. The molecule has 3 rings (SSSR count). The third-order valence-corrected chi connectivity index (χ3v) is 3.88. The molecule has 2 aromatic heterocycles. The standard InChI is InChI=1S/C11H13ClN4OS/c1-18-10-7-6-13-16(8-4-2-3-5-17-8)9(7)14-11(12)15-10/h6,8H,2-5H2,1H3. The summed E-state index contributed by atoms with van der Waals surface area (Å²) in [5.74, 6) is 0. The Labute approximate surface area is 114 Å². The van der Waals surface area contributed by atoms with E-state index in [2.05, 4.69) is 15.1 Å². The Balaban J connectivity index is 2.10. The van der Waals surface area contributed by atoms with E-state index in [1.165, 1.54) is 0 Å². The Bertz CT molecular complexity index is 567. The summed E-state index contributed by atoms with van der Waals surface area (Å²) >= 11 is 7.50. The molecule has 18 heavy (non-hydrogen) atoms. The van der Waals surface area contributed by atoms with Crippen molar-refractivity contribution in [2.45, 2.75) is 30.5 Å². The first-order valence-corrected chi connectivity index (χ1v) is 7.46. The van der Waals surface area contributed by atoms with Gasteiger partial charge in [0.2, 0.25) is 5.28 Å². The zero-order valence-corrected chi connectivity index (χ0v) is 11.5. The van der Waals surface area contributed by atoms with Crippen LogP contribution in [-0.2, 0) is 4.74 Å². The largest absolute Gasteiger partial charge is 0.356 e. The van der Waals surface area contributed by atoms with Gasteiger partial charge in [-0.15, -0.1) is 11.8 Å². The van der Waals surface area contributed by atoms with Crippen molar-refractivity contribution in [3.63, 3.8) is 0 Å². The van der Waals surface area contributed by atoms with E-state index in [4.69, 9.17) is 16.3 Å². The highest BCUT2D eigenvalue weighted by Gasteiger charge is 2.21. The van der Waals surface area contributed by atoms with Crippen LogP contribution in [-0.4, -0.2) is 32.6 Å². The Morgan fingerprint density at radius 2 is 2.33 bits per heavy atom. The maximum Gasteiger partial charge on any atom is 0.225 e. The molecule has 3 heterocycles. The predicted octanol–water partition coefficient (Wildman–Crippen LogP) is 2.90. The Kier molecular flexibility index (Phi) is 3.41. The van der Waals surface area contributed by atoms with Gasteiger partial charge < -0.3 is 4.74 Å². The number of ether oxygens (including phenoxy) is 1. The van der Waals surface area contributed by atoms with Crippen molar-refractivity contribution < 1.29 is 4.74 Å². The zero-order valence-electron chi connectivity index (χ0n) is 9.97. The number of hydrogen-bond acceptors (Lipinski definition) is 5. The SMILES string of the molecule is CSc1nc(Cl)nc2c1cnn2C1CCCCO1. The van der Waals surface area contributed by atoms with Crippen LogP contribution in [0.3, 0.4) is 0 Å². The molecule has 5 nitrogen and oxygen atoms in total. The fraction of sp³-hybridized carbons (Fsp3) is 0.545. The van der Waals surface area contributed by atoms with Crippen LogP contribution >= 0.6 is 23.4 Å². The van der Waals surface area contributed by atoms with Crippen molar-refractivity contribution in [3.05, 3.63) is 11.5 Å². The molecule has 1 unspecified atom stereocenters. The fourth-order valence-corrected chi connectivity index (χ4v) is 2.91. The van der Waals surface area contributed by atoms with E-state index in [0.717, 1.165) is 41.9 Å². The zero-order chi connectivity index (χ0) is 12.5. The van der Waals surface area contributed by atoms with Crippen molar-refractivity contribution in [1.29, 1.82) is 0 Å². The maximum absolute atomic E-state index is 5.95. The number of nitrogens with zero attached hydrogens (tertiary/aromatic N) is 4. The monoisotopic (exact) mass is 284 g/mol. The molecule has 96 valence electrons. The van der Waals surface area contributed by atoms with E-state index >= 15 is 0 Å². The quantitative estimate of drug-likeness (QED) is 0.482. The molecule has 0 amide bonds. The molecular weight excluding hydrogens is 272 g/mol. The normalized spacial score (nSPS) is 20.4. The van der Waals surface area contributed by atoms with E-state index in [9.17, 15) is 0 Å². The molecule has 1 fully saturated rings. The van der Waals surface area contributed by atoms with Crippen molar-refractivity contribution >= 4 is 34.4 Å². The number of halogens is 1. The predicted molar refractivity (Wildman–Crippen MR) is 71.0 cm³/mol. The minimum absolute atomic E-state index is 0.0306.